The Bertz CT molecular complexity index is 1340. The SMILES string of the molecule is CCOc1ccc(S(=O)(=O)NC(c2ccccc2)c2ccccc2)cc1NC(=O)c1ccccc1. The predicted molar refractivity (Wildman–Crippen MR) is 137 cm³/mol. The third-order valence-corrected chi connectivity index (χ3v) is 6.80. The molecule has 0 saturated carbocycles. The molecular weight excluding hydrogens is 460 g/mol. The van der Waals surface area contributed by atoms with Crippen LogP contribution in [0, 0.1) is 0 Å². The lowest BCUT2D eigenvalue weighted by molar-refractivity contribution is 0.102. The number of carbonyl (C=O) groups is 1. The Morgan fingerprint density at radius 3 is 1.89 bits per heavy atom. The van der Waals surface area contributed by atoms with Crippen molar-refractivity contribution in [1.82, 2.24) is 4.72 Å². The number of anilines is 1. The molecule has 0 spiro atoms. The highest BCUT2D eigenvalue weighted by molar-refractivity contribution is 7.89. The van der Waals surface area contributed by atoms with Crippen molar-refractivity contribution in [2.45, 2.75) is 17.9 Å². The molecule has 0 unspecified atom stereocenters. The molecule has 0 aliphatic rings. The third kappa shape index (κ3) is 5.95. The smallest absolute Gasteiger partial charge is 0.255 e. The second-order valence-corrected chi connectivity index (χ2v) is 9.50. The molecule has 0 aromatic heterocycles. The van der Waals surface area contributed by atoms with Crippen molar-refractivity contribution in [1.29, 1.82) is 0 Å². The largest absolute Gasteiger partial charge is 0.492 e. The number of sulfonamides is 1. The zero-order chi connectivity index (χ0) is 24.7. The Kier molecular flexibility index (Phi) is 7.60. The lowest BCUT2D eigenvalue weighted by Gasteiger charge is -2.20. The summed E-state index contributed by atoms with van der Waals surface area (Å²) in [5.41, 5.74) is 2.35. The van der Waals surface area contributed by atoms with Crippen LogP contribution in [0.3, 0.4) is 0 Å². The zero-order valence-electron chi connectivity index (χ0n) is 19.2. The summed E-state index contributed by atoms with van der Waals surface area (Å²) in [6.07, 6.45) is 0. The Hall–Kier alpha value is -3.94. The van der Waals surface area contributed by atoms with Gasteiger partial charge in [0.15, 0.2) is 0 Å². The van der Waals surface area contributed by atoms with Crippen LogP contribution in [0.1, 0.15) is 34.5 Å². The highest BCUT2D eigenvalue weighted by Crippen LogP contribution is 2.30. The van der Waals surface area contributed by atoms with Crippen LogP contribution < -0.4 is 14.8 Å². The van der Waals surface area contributed by atoms with E-state index in [0.717, 1.165) is 11.1 Å². The van der Waals surface area contributed by atoms with E-state index in [2.05, 4.69) is 10.0 Å². The highest BCUT2D eigenvalue weighted by Gasteiger charge is 2.24. The van der Waals surface area contributed by atoms with Gasteiger partial charge in [0.05, 0.1) is 23.2 Å². The van der Waals surface area contributed by atoms with E-state index in [1.165, 1.54) is 12.1 Å². The Morgan fingerprint density at radius 1 is 0.800 bits per heavy atom. The standard InChI is InChI=1S/C28H26N2O4S/c1-2-34-26-19-18-24(20-25(26)29-28(31)23-16-10-5-11-17-23)35(32,33)30-27(21-12-6-3-7-13-21)22-14-8-4-9-15-22/h3-20,27,30H,2H2,1H3,(H,29,31). The highest BCUT2D eigenvalue weighted by atomic mass is 32.2. The summed E-state index contributed by atoms with van der Waals surface area (Å²) in [6.45, 7) is 2.18. The van der Waals surface area contributed by atoms with Crippen molar-refractivity contribution in [2.75, 3.05) is 11.9 Å². The van der Waals surface area contributed by atoms with Gasteiger partial charge >= 0.3 is 0 Å². The minimum absolute atomic E-state index is 0.0150. The van der Waals surface area contributed by atoms with Gasteiger partial charge in [0.1, 0.15) is 5.75 Å². The van der Waals surface area contributed by atoms with Crippen LogP contribution in [0.25, 0.3) is 0 Å². The summed E-state index contributed by atoms with van der Waals surface area (Å²) in [5.74, 6) is 0.0268. The van der Waals surface area contributed by atoms with Crippen molar-refractivity contribution in [3.63, 3.8) is 0 Å². The fourth-order valence-corrected chi connectivity index (χ4v) is 4.92. The Balaban J connectivity index is 1.68. The molecule has 4 aromatic rings. The van der Waals surface area contributed by atoms with Crippen LogP contribution in [0.5, 0.6) is 5.75 Å². The number of hydrogen-bond acceptors (Lipinski definition) is 4. The minimum atomic E-state index is -3.97. The van der Waals surface area contributed by atoms with Crippen LogP contribution in [0.15, 0.2) is 114 Å². The summed E-state index contributed by atoms with van der Waals surface area (Å²) in [7, 11) is -3.97. The molecule has 178 valence electrons. The van der Waals surface area contributed by atoms with Crippen LogP contribution >= 0.6 is 0 Å². The molecule has 4 aromatic carbocycles. The number of carbonyl (C=O) groups excluding carboxylic acids is 1. The second kappa shape index (κ2) is 11.0. The first-order valence-electron chi connectivity index (χ1n) is 11.2. The summed E-state index contributed by atoms with van der Waals surface area (Å²) in [5, 5.41) is 2.78. The quantitative estimate of drug-likeness (QED) is 0.332. The van der Waals surface area contributed by atoms with Gasteiger partial charge in [-0.25, -0.2) is 8.42 Å². The van der Waals surface area contributed by atoms with Crippen molar-refractivity contribution >= 4 is 21.6 Å². The van der Waals surface area contributed by atoms with Gasteiger partial charge in [-0.3, -0.25) is 4.79 Å². The first-order chi connectivity index (χ1) is 17.0. The average molecular weight is 487 g/mol. The van der Waals surface area contributed by atoms with Crippen LogP contribution in [0.2, 0.25) is 0 Å². The van der Waals surface area contributed by atoms with E-state index in [1.54, 1.807) is 30.3 Å². The average Bonchev–Trinajstić information content (AvgIpc) is 2.90. The lowest BCUT2D eigenvalue weighted by Crippen LogP contribution is -2.29. The number of benzene rings is 4. The van der Waals surface area contributed by atoms with Gasteiger partial charge in [-0.2, -0.15) is 4.72 Å². The van der Waals surface area contributed by atoms with Gasteiger partial charge in [-0.15, -0.1) is 0 Å². The molecule has 0 aliphatic heterocycles. The molecule has 0 atom stereocenters. The summed E-state index contributed by atoms with van der Waals surface area (Å²) in [6, 6.07) is 31.3. The number of ether oxygens (including phenoxy) is 1. The molecule has 0 saturated heterocycles. The van der Waals surface area contributed by atoms with E-state index >= 15 is 0 Å². The fraction of sp³-hybridized carbons (Fsp3) is 0.107. The summed E-state index contributed by atoms with van der Waals surface area (Å²) in [4.78, 5) is 12.8. The Labute approximate surface area is 205 Å². The maximum atomic E-state index is 13.5. The van der Waals surface area contributed by atoms with Crippen LogP contribution in [-0.2, 0) is 10.0 Å². The van der Waals surface area contributed by atoms with Crippen molar-refractivity contribution in [2.24, 2.45) is 0 Å². The van der Waals surface area contributed by atoms with Gasteiger partial charge in [0.2, 0.25) is 10.0 Å². The molecule has 2 N–H and O–H groups in total. The van der Waals surface area contributed by atoms with E-state index in [0.29, 0.717) is 17.9 Å². The third-order valence-electron chi connectivity index (χ3n) is 5.38. The lowest BCUT2D eigenvalue weighted by atomic mass is 10.00. The van der Waals surface area contributed by atoms with Crippen molar-refractivity contribution < 1.29 is 17.9 Å². The molecule has 0 bridgehead atoms. The van der Waals surface area contributed by atoms with Crippen LogP contribution in [-0.4, -0.2) is 20.9 Å². The predicted octanol–water partition coefficient (Wildman–Crippen LogP) is 5.41. The summed E-state index contributed by atoms with van der Waals surface area (Å²) < 4.78 is 35.5. The van der Waals surface area contributed by atoms with E-state index in [-0.39, 0.29) is 16.5 Å². The number of rotatable bonds is 9. The van der Waals surface area contributed by atoms with Crippen LogP contribution in [0.4, 0.5) is 5.69 Å². The first-order valence-corrected chi connectivity index (χ1v) is 12.7. The van der Waals surface area contributed by atoms with Gasteiger partial charge in [0, 0.05) is 5.56 Å². The summed E-state index contributed by atoms with van der Waals surface area (Å²) >= 11 is 0. The molecule has 1 amide bonds. The number of hydrogen-bond donors (Lipinski definition) is 2. The number of nitrogens with one attached hydrogen (secondary N) is 2. The maximum Gasteiger partial charge on any atom is 0.255 e. The molecule has 0 radical (unpaired) electrons. The first kappa shape index (κ1) is 24.2. The van der Waals surface area contributed by atoms with Crippen molar-refractivity contribution in [3.05, 3.63) is 126 Å². The Morgan fingerprint density at radius 2 is 1.34 bits per heavy atom. The van der Waals surface area contributed by atoms with E-state index in [1.807, 2.05) is 73.7 Å². The topological polar surface area (TPSA) is 84.5 Å². The van der Waals surface area contributed by atoms with E-state index in [4.69, 9.17) is 4.74 Å². The number of amides is 1. The van der Waals surface area contributed by atoms with Gasteiger partial charge in [0.25, 0.3) is 5.91 Å². The molecule has 4 rings (SSSR count). The monoisotopic (exact) mass is 486 g/mol. The zero-order valence-corrected chi connectivity index (χ0v) is 20.0. The van der Waals surface area contributed by atoms with E-state index < -0.39 is 16.1 Å². The van der Waals surface area contributed by atoms with Gasteiger partial charge < -0.3 is 10.1 Å². The minimum Gasteiger partial charge on any atom is -0.492 e. The normalized spacial score (nSPS) is 11.3. The molecule has 35 heavy (non-hydrogen) atoms. The molecule has 7 heteroatoms. The fourth-order valence-electron chi connectivity index (χ4n) is 3.68. The second-order valence-electron chi connectivity index (χ2n) is 7.79. The maximum absolute atomic E-state index is 13.5. The van der Waals surface area contributed by atoms with Crippen molar-refractivity contribution in [3.8, 4) is 5.75 Å². The molecule has 0 heterocycles. The van der Waals surface area contributed by atoms with Gasteiger partial charge in [-0.1, -0.05) is 78.9 Å². The molecule has 0 aliphatic carbocycles. The molecular formula is C28H26N2O4S. The van der Waals surface area contributed by atoms with Gasteiger partial charge in [-0.05, 0) is 48.4 Å². The van der Waals surface area contributed by atoms with E-state index in [9.17, 15) is 13.2 Å². The molecule has 6 nitrogen and oxygen atoms in total. The molecule has 0 fully saturated rings.